The maximum absolute atomic E-state index is 14.5. The van der Waals surface area contributed by atoms with Gasteiger partial charge in [-0.05, 0) is 60.9 Å². The maximum Gasteiger partial charge on any atom is 0.264 e. The first kappa shape index (κ1) is 33.7. The van der Waals surface area contributed by atoms with Crippen molar-refractivity contribution in [3.05, 3.63) is 124 Å². The van der Waals surface area contributed by atoms with Gasteiger partial charge in [-0.15, -0.1) is 0 Å². The molecule has 0 heterocycles. The average molecular weight is 693 g/mol. The predicted octanol–water partition coefficient (Wildman–Crippen LogP) is 6.13. The molecule has 8 nitrogen and oxygen atoms in total. The summed E-state index contributed by atoms with van der Waals surface area (Å²) in [6, 6.07) is 29.1. The Bertz CT molecular complexity index is 1700. The van der Waals surface area contributed by atoms with Crippen molar-refractivity contribution in [3.63, 3.8) is 0 Å². The minimum atomic E-state index is -4.20. The van der Waals surface area contributed by atoms with Crippen LogP contribution in [-0.2, 0) is 32.6 Å². The van der Waals surface area contributed by atoms with Crippen LogP contribution in [0, 0.1) is 6.92 Å². The number of anilines is 1. The Morgan fingerprint density at radius 3 is 2.24 bits per heavy atom. The third kappa shape index (κ3) is 8.95. The highest BCUT2D eigenvalue weighted by Gasteiger charge is 2.34. The van der Waals surface area contributed by atoms with Gasteiger partial charge in [0.25, 0.3) is 10.0 Å². The van der Waals surface area contributed by atoms with E-state index in [0.717, 1.165) is 31.9 Å². The van der Waals surface area contributed by atoms with E-state index < -0.39 is 28.5 Å². The number of aryl methyl sites for hydroxylation is 1. The molecule has 0 aliphatic heterocycles. The molecule has 4 aromatic carbocycles. The second kappa shape index (κ2) is 15.7. The molecule has 0 aliphatic carbocycles. The van der Waals surface area contributed by atoms with Crippen molar-refractivity contribution >= 4 is 43.5 Å². The molecule has 1 atom stereocenters. The number of ether oxygens (including phenoxy) is 1. The van der Waals surface area contributed by atoms with Gasteiger partial charge < -0.3 is 15.0 Å². The molecule has 0 radical (unpaired) electrons. The molecule has 1 unspecified atom stereocenters. The topological polar surface area (TPSA) is 96.0 Å². The summed E-state index contributed by atoms with van der Waals surface area (Å²) >= 11 is 3.50. The Morgan fingerprint density at radius 2 is 1.58 bits per heavy atom. The Hall–Kier alpha value is -4.15. The molecular formula is C35H38BrN3O5S. The summed E-state index contributed by atoms with van der Waals surface area (Å²) in [6.07, 6.45) is 0.974. The monoisotopic (exact) mass is 691 g/mol. The van der Waals surface area contributed by atoms with Crippen molar-refractivity contribution < 1.29 is 22.7 Å². The number of rotatable bonds is 14. The van der Waals surface area contributed by atoms with Crippen LogP contribution in [0.4, 0.5) is 5.69 Å². The van der Waals surface area contributed by atoms with E-state index in [-0.39, 0.29) is 29.5 Å². The summed E-state index contributed by atoms with van der Waals surface area (Å²) in [7, 11) is -2.71. The number of sulfonamides is 1. The fraction of sp³-hybridized carbons (Fsp3) is 0.257. The standard InChI is InChI=1S/C35H38BrN3O5S/c1-4-20-37-35(41)33(22-27-10-6-5-7-11-27)38(24-28-12-8-13-29(36)21-28)34(40)25-39(30-14-9-15-31(23-30)44-3)45(42,43)32-18-16-26(2)17-19-32/h5-19,21,23,33H,4,20,22,24-25H2,1-3H3,(H,37,41). The quantitative estimate of drug-likeness (QED) is 0.172. The number of benzene rings is 4. The van der Waals surface area contributed by atoms with Gasteiger partial charge in [0.1, 0.15) is 18.3 Å². The van der Waals surface area contributed by atoms with Crippen LogP contribution in [-0.4, -0.2) is 51.4 Å². The first-order valence-corrected chi connectivity index (χ1v) is 16.9. The highest BCUT2D eigenvalue weighted by atomic mass is 79.9. The second-order valence-corrected chi connectivity index (χ2v) is 13.5. The number of methoxy groups -OCH3 is 1. The molecule has 1 N–H and O–H groups in total. The van der Waals surface area contributed by atoms with E-state index in [9.17, 15) is 18.0 Å². The molecule has 0 bridgehead atoms. The van der Waals surface area contributed by atoms with Gasteiger partial charge in [-0.25, -0.2) is 8.42 Å². The molecule has 0 saturated carbocycles. The van der Waals surface area contributed by atoms with Crippen molar-refractivity contribution in [3.8, 4) is 5.75 Å². The minimum absolute atomic E-state index is 0.0452. The summed E-state index contributed by atoms with van der Waals surface area (Å²) in [4.78, 5) is 29.8. The van der Waals surface area contributed by atoms with Crippen molar-refractivity contribution in [1.82, 2.24) is 10.2 Å². The number of hydrogen-bond donors (Lipinski definition) is 1. The van der Waals surface area contributed by atoms with E-state index in [1.165, 1.54) is 24.1 Å². The van der Waals surface area contributed by atoms with Crippen LogP contribution < -0.4 is 14.4 Å². The summed E-state index contributed by atoms with van der Waals surface area (Å²) in [5, 5.41) is 2.96. The Morgan fingerprint density at radius 1 is 0.889 bits per heavy atom. The zero-order valence-electron chi connectivity index (χ0n) is 25.6. The van der Waals surface area contributed by atoms with E-state index >= 15 is 0 Å². The maximum atomic E-state index is 14.5. The Balaban J connectivity index is 1.81. The lowest BCUT2D eigenvalue weighted by molar-refractivity contribution is -0.140. The summed E-state index contributed by atoms with van der Waals surface area (Å²) in [5.74, 6) is -0.393. The lowest BCUT2D eigenvalue weighted by atomic mass is 10.0. The molecular weight excluding hydrogens is 654 g/mol. The SMILES string of the molecule is CCCNC(=O)C(Cc1ccccc1)N(Cc1cccc(Br)c1)C(=O)CN(c1cccc(OC)c1)S(=O)(=O)c1ccc(C)cc1. The summed E-state index contributed by atoms with van der Waals surface area (Å²) in [6.45, 7) is 3.82. The highest BCUT2D eigenvalue weighted by Crippen LogP contribution is 2.28. The molecule has 0 aliphatic rings. The van der Waals surface area contributed by atoms with Gasteiger partial charge in [0, 0.05) is 30.0 Å². The van der Waals surface area contributed by atoms with Gasteiger partial charge in [0.05, 0.1) is 17.7 Å². The average Bonchev–Trinajstić information content (AvgIpc) is 3.04. The number of carbonyl (C=O) groups excluding carboxylic acids is 2. The third-order valence-corrected chi connectivity index (χ3v) is 9.57. The molecule has 4 aromatic rings. The number of nitrogens with zero attached hydrogens (tertiary/aromatic N) is 2. The molecule has 0 spiro atoms. The molecule has 45 heavy (non-hydrogen) atoms. The van der Waals surface area contributed by atoms with Crippen LogP contribution in [0.2, 0.25) is 0 Å². The first-order valence-electron chi connectivity index (χ1n) is 14.7. The van der Waals surface area contributed by atoms with Gasteiger partial charge in [0.2, 0.25) is 11.8 Å². The van der Waals surface area contributed by atoms with Crippen LogP contribution in [0.5, 0.6) is 5.75 Å². The van der Waals surface area contributed by atoms with Gasteiger partial charge in [-0.1, -0.05) is 89.1 Å². The van der Waals surface area contributed by atoms with Crippen LogP contribution in [0.3, 0.4) is 0 Å². The van der Waals surface area contributed by atoms with Gasteiger partial charge >= 0.3 is 0 Å². The van der Waals surface area contributed by atoms with Crippen LogP contribution in [0.25, 0.3) is 0 Å². The molecule has 236 valence electrons. The smallest absolute Gasteiger partial charge is 0.264 e. The number of carbonyl (C=O) groups is 2. The van der Waals surface area contributed by atoms with E-state index in [1.54, 1.807) is 36.4 Å². The summed E-state index contributed by atoms with van der Waals surface area (Å²) in [5.41, 5.74) is 2.83. The molecule has 0 saturated heterocycles. The lowest BCUT2D eigenvalue weighted by Crippen LogP contribution is -2.53. The van der Waals surface area contributed by atoms with Crippen molar-refractivity contribution in [2.24, 2.45) is 0 Å². The fourth-order valence-corrected chi connectivity index (χ4v) is 6.74. The van der Waals surface area contributed by atoms with Crippen LogP contribution in [0.15, 0.2) is 112 Å². The van der Waals surface area contributed by atoms with E-state index in [0.29, 0.717) is 12.3 Å². The molecule has 0 aromatic heterocycles. The lowest BCUT2D eigenvalue weighted by Gasteiger charge is -2.34. The van der Waals surface area contributed by atoms with E-state index in [2.05, 4.69) is 21.2 Å². The second-order valence-electron chi connectivity index (χ2n) is 10.7. The van der Waals surface area contributed by atoms with Crippen molar-refractivity contribution in [2.45, 2.75) is 44.2 Å². The number of hydrogen-bond acceptors (Lipinski definition) is 5. The van der Waals surface area contributed by atoms with Gasteiger partial charge in [0.15, 0.2) is 0 Å². The first-order chi connectivity index (χ1) is 21.6. The van der Waals surface area contributed by atoms with Crippen LogP contribution in [0.1, 0.15) is 30.0 Å². The molecule has 0 fully saturated rings. The van der Waals surface area contributed by atoms with E-state index in [4.69, 9.17) is 4.74 Å². The Kier molecular flexibility index (Phi) is 11.8. The highest BCUT2D eigenvalue weighted by molar-refractivity contribution is 9.10. The predicted molar refractivity (Wildman–Crippen MR) is 181 cm³/mol. The van der Waals surface area contributed by atoms with E-state index in [1.807, 2.05) is 68.4 Å². The zero-order valence-corrected chi connectivity index (χ0v) is 28.1. The zero-order chi connectivity index (χ0) is 32.4. The Labute approximate surface area is 274 Å². The van der Waals surface area contributed by atoms with Crippen LogP contribution >= 0.6 is 15.9 Å². The third-order valence-electron chi connectivity index (χ3n) is 7.29. The van der Waals surface area contributed by atoms with Gasteiger partial charge in [-0.2, -0.15) is 0 Å². The minimum Gasteiger partial charge on any atom is -0.497 e. The van der Waals surface area contributed by atoms with Crippen molar-refractivity contribution in [2.75, 3.05) is 24.5 Å². The number of nitrogens with one attached hydrogen (secondary N) is 1. The van der Waals surface area contributed by atoms with Crippen molar-refractivity contribution in [1.29, 1.82) is 0 Å². The van der Waals surface area contributed by atoms with Gasteiger partial charge in [-0.3, -0.25) is 13.9 Å². The fourth-order valence-electron chi connectivity index (χ4n) is 4.88. The number of amides is 2. The summed E-state index contributed by atoms with van der Waals surface area (Å²) < 4.78 is 35.6. The normalized spacial score (nSPS) is 11.8. The number of halogens is 1. The largest absolute Gasteiger partial charge is 0.497 e. The molecule has 4 rings (SSSR count). The molecule has 10 heteroatoms. The molecule has 2 amide bonds.